The van der Waals surface area contributed by atoms with Crippen molar-refractivity contribution >= 4 is 6.21 Å². The predicted octanol–water partition coefficient (Wildman–Crippen LogP) is 2.24. The number of hydrazone groups is 1. The smallest absolute Gasteiger partial charge is 0.166 e. The van der Waals surface area contributed by atoms with E-state index in [1.165, 1.54) is 20.4 Å². The van der Waals surface area contributed by atoms with E-state index in [1.54, 1.807) is 36.4 Å². The molecule has 0 aromatic heterocycles. The van der Waals surface area contributed by atoms with E-state index >= 15 is 0 Å². The summed E-state index contributed by atoms with van der Waals surface area (Å²) in [6, 6.07) is 10.4. The molecule has 6 nitrogen and oxygen atoms in total. The topological polar surface area (TPSA) is 83.3 Å². The highest BCUT2D eigenvalue weighted by molar-refractivity contribution is 5.84. The molecule has 0 heterocycles. The summed E-state index contributed by atoms with van der Waals surface area (Å²) in [4.78, 5) is 0. The summed E-state index contributed by atoms with van der Waals surface area (Å²) >= 11 is 0. The maximum Gasteiger partial charge on any atom is 0.166 e. The van der Waals surface area contributed by atoms with Crippen LogP contribution in [0, 0.1) is 0 Å². The molecular formula is C16H18N2O4. The molecule has 22 heavy (non-hydrogen) atoms. The Morgan fingerprint density at radius 2 is 1.64 bits per heavy atom. The average molecular weight is 302 g/mol. The zero-order valence-electron chi connectivity index (χ0n) is 12.4. The lowest BCUT2D eigenvalue weighted by Crippen LogP contribution is -2.06. The summed E-state index contributed by atoms with van der Waals surface area (Å²) < 4.78 is 10.1. The second-order valence-electron chi connectivity index (χ2n) is 4.46. The largest absolute Gasteiger partial charge is 0.504 e. The van der Waals surface area contributed by atoms with Gasteiger partial charge in [-0.3, -0.25) is 0 Å². The number of hydrogen-bond acceptors (Lipinski definition) is 6. The quantitative estimate of drug-likeness (QED) is 0.563. The van der Waals surface area contributed by atoms with Crippen LogP contribution in [0.4, 0.5) is 0 Å². The highest BCUT2D eigenvalue weighted by Crippen LogP contribution is 2.29. The Hall–Kier alpha value is -2.89. The number of nitrogens with one attached hydrogen (secondary N) is 1. The number of phenolic OH excluding ortho intramolecular Hbond substituents is 2. The van der Waals surface area contributed by atoms with E-state index in [1.807, 2.05) is 0 Å². The highest BCUT2D eigenvalue weighted by atomic mass is 16.5. The fourth-order valence-electron chi connectivity index (χ4n) is 1.93. The third-order valence-electron chi connectivity index (χ3n) is 3.12. The van der Waals surface area contributed by atoms with Crippen molar-refractivity contribution in [1.82, 2.24) is 5.43 Å². The maximum atomic E-state index is 9.94. The van der Waals surface area contributed by atoms with Crippen LogP contribution in [0.2, 0.25) is 0 Å². The SMILES string of the molecule is COc1cccc(/C=N/NCc2cccc(OC)c2O)c1O. The summed E-state index contributed by atoms with van der Waals surface area (Å²) in [6.45, 7) is 0.324. The fourth-order valence-corrected chi connectivity index (χ4v) is 1.93. The van der Waals surface area contributed by atoms with Gasteiger partial charge in [0.2, 0.25) is 0 Å². The number of rotatable bonds is 6. The summed E-state index contributed by atoms with van der Waals surface area (Å²) in [5.41, 5.74) is 4.00. The van der Waals surface area contributed by atoms with Gasteiger partial charge in [-0.05, 0) is 18.2 Å². The highest BCUT2D eigenvalue weighted by Gasteiger charge is 2.07. The molecule has 3 N–H and O–H groups in total. The molecule has 0 unspecified atom stereocenters. The number of para-hydroxylation sites is 2. The number of nitrogens with zero attached hydrogens (tertiary/aromatic N) is 1. The van der Waals surface area contributed by atoms with Gasteiger partial charge in [0.25, 0.3) is 0 Å². The molecule has 2 rings (SSSR count). The molecule has 0 radical (unpaired) electrons. The van der Waals surface area contributed by atoms with E-state index in [-0.39, 0.29) is 11.5 Å². The lowest BCUT2D eigenvalue weighted by Gasteiger charge is -2.08. The Morgan fingerprint density at radius 3 is 2.32 bits per heavy atom. The van der Waals surface area contributed by atoms with Crippen molar-refractivity contribution in [3.8, 4) is 23.0 Å². The van der Waals surface area contributed by atoms with E-state index in [0.29, 0.717) is 29.2 Å². The molecule has 0 atom stereocenters. The van der Waals surface area contributed by atoms with Crippen molar-refractivity contribution < 1.29 is 19.7 Å². The molecule has 2 aromatic rings. The van der Waals surface area contributed by atoms with Gasteiger partial charge in [-0.15, -0.1) is 0 Å². The Bertz CT molecular complexity index is 671. The van der Waals surface area contributed by atoms with Crippen molar-refractivity contribution in [2.45, 2.75) is 6.54 Å². The van der Waals surface area contributed by atoms with Crippen LogP contribution in [0.25, 0.3) is 0 Å². The number of phenols is 2. The Labute approximate surface area is 128 Å². The third kappa shape index (κ3) is 3.41. The van der Waals surface area contributed by atoms with Crippen LogP contribution in [0.15, 0.2) is 41.5 Å². The molecule has 116 valence electrons. The summed E-state index contributed by atoms with van der Waals surface area (Å²) in [6.07, 6.45) is 1.48. The average Bonchev–Trinajstić information content (AvgIpc) is 2.54. The Kier molecular flexibility index (Phi) is 5.08. The first-order chi connectivity index (χ1) is 10.7. The fraction of sp³-hybridized carbons (Fsp3) is 0.188. The van der Waals surface area contributed by atoms with Gasteiger partial charge in [-0.1, -0.05) is 18.2 Å². The molecule has 6 heteroatoms. The molecule has 2 aromatic carbocycles. The van der Waals surface area contributed by atoms with Crippen molar-refractivity contribution in [3.63, 3.8) is 0 Å². The van der Waals surface area contributed by atoms with Crippen LogP contribution in [0.5, 0.6) is 23.0 Å². The number of benzene rings is 2. The van der Waals surface area contributed by atoms with Crippen LogP contribution in [0.3, 0.4) is 0 Å². The first-order valence-electron chi connectivity index (χ1n) is 6.64. The number of methoxy groups -OCH3 is 2. The van der Waals surface area contributed by atoms with E-state index in [2.05, 4.69) is 10.5 Å². The lowest BCUT2D eigenvalue weighted by atomic mass is 10.2. The minimum atomic E-state index is 0.0276. The second kappa shape index (κ2) is 7.21. The zero-order valence-corrected chi connectivity index (χ0v) is 12.4. The van der Waals surface area contributed by atoms with Crippen LogP contribution in [0.1, 0.15) is 11.1 Å². The first-order valence-corrected chi connectivity index (χ1v) is 6.64. The third-order valence-corrected chi connectivity index (χ3v) is 3.12. The van der Waals surface area contributed by atoms with E-state index in [9.17, 15) is 10.2 Å². The molecule has 0 aliphatic carbocycles. The van der Waals surface area contributed by atoms with Crippen molar-refractivity contribution in [1.29, 1.82) is 0 Å². The van der Waals surface area contributed by atoms with Gasteiger partial charge in [0.05, 0.1) is 27.0 Å². The predicted molar refractivity (Wildman–Crippen MR) is 83.8 cm³/mol. The normalized spacial score (nSPS) is 10.6. The summed E-state index contributed by atoms with van der Waals surface area (Å²) in [5.74, 6) is 0.903. The van der Waals surface area contributed by atoms with Crippen molar-refractivity contribution in [2.75, 3.05) is 14.2 Å². The summed E-state index contributed by atoms with van der Waals surface area (Å²) in [5, 5.41) is 23.9. The van der Waals surface area contributed by atoms with Gasteiger partial charge in [0.15, 0.2) is 23.0 Å². The molecule has 0 aliphatic heterocycles. The molecular weight excluding hydrogens is 284 g/mol. The van der Waals surface area contributed by atoms with Crippen LogP contribution in [-0.4, -0.2) is 30.6 Å². The van der Waals surface area contributed by atoms with E-state index in [4.69, 9.17) is 9.47 Å². The molecule has 0 amide bonds. The summed E-state index contributed by atoms with van der Waals surface area (Å²) in [7, 11) is 2.98. The van der Waals surface area contributed by atoms with Crippen molar-refractivity contribution in [3.05, 3.63) is 47.5 Å². The monoisotopic (exact) mass is 302 g/mol. The number of ether oxygens (including phenoxy) is 2. The van der Waals surface area contributed by atoms with Gasteiger partial charge < -0.3 is 25.1 Å². The number of hydrogen-bond donors (Lipinski definition) is 3. The van der Waals surface area contributed by atoms with Gasteiger partial charge in [0.1, 0.15) is 0 Å². The second-order valence-corrected chi connectivity index (χ2v) is 4.46. The Balaban J connectivity index is 2.02. The van der Waals surface area contributed by atoms with Gasteiger partial charge in [0, 0.05) is 11.1 Å². The zero-order chi connectivity index (χ0) is 15.9. The van der Waals surface area contributed by atoms with E-state index in [0.717, 1.165) is 0 Å². The molecule has 0 spiro atoms. The van der Waals surface area contributed by atoms with Crippen LogP contribution < -0.4 is 14.9 Å². The van der Waals surface area contributed by atoms with Gasteiger partial charge >= 0.3 is 0 Å². The standard InChI is InChI=1S/C16H18N2O4/c1-21-13-7-3-5-11(15(13)19)9-17-18-10-12-6-4-8-14(22-2)16(12)20/h3-9,18-20H,10H2,1-2H3/b17-9+. The van der Waals surface area contributed by atoms with Crippen LogP contribution in [-0.2, 0) is 6.54 Å². The Morgan fingerprint density at radius 1 is 1.00 bits per heavy atom. The minimum Gasteiger partial charge on any atom is -0.504 e. The maximum absolute atomic E-state index is 9.94. The molecule has 0 fully saturated rings. The lowest BCUT2D eigenvalue weighted by molar-refractivity contribution is 0.370. The van der Waals surface area contributed by atoms with Gasteiger partial charge in [-0.25, -0.2) is 0 Å². The number of aromatic hydroxyl groups is 2. The molecule has 0 aliphatic rings. The first kappa shape index (κ1) is 15.5. The minimum absolute atomic E-state index is 0.0276. The molecule has 0 saturated heterocycles. The molecule has 0 saturated carbocycles. The van der Waals surface area contributed by atoms with Gasteiger partial charge in [-0.2, -0.15) is 5.10 Å². The molecule has 0 bridgehead atoms. The van der Waals surface area contributed by atoms with E-state index < -0.39 is 0 Å². The van der Waals surface area contributed by atoms with Crippen LogP contribution >= 0.6 is 0 Å². The van der Waals surface area contributed by atoms with Crippen molar-refractivity contribution in [2.24, 2.45) is 5.10 Å².